The Morgan fingerprint density at radius 1 is 0.767 bits per heavy atom. The quantitative estimate of drug-likeness (QED) is 0.637. The van der Waals surface area contributed by atoms with Crippen molar-refractivity contribution in [3.63, 3.8) is 0 Å². The van der Waals surface area contributed by atoms with E-state index in [4.69, 9.17) is 0 Å². The van der Waals surface area contributed by atoms with Crippen LogP contribution in [-0.4, -0.2) is 68.2 Å². The van der Waals surface area contributed by atoms with Crippen molar-refractivity contribution in [3.05, 3.63) is 48.3 Å². The van der Waals surface area contributed by atoms with Crippen molar-refractivity contribution in [2.24, 2.45) is 0 Å². The molecule has 1 aliphatic heterocycles. The lowest BCUT2D eigenvalue weighted by Gasteiger charge is -2.36. The van der Waals surface area contributed by atoms with Gasteiger partial charge >= 0.3 is 0 Å². The molecule has 2 aromatic rings. The molecule has 0 aromatic heterocycles. The Morgan fingerprint density at radius 2 is 1.37 bits per heavy atom. The van der Waals surface area contributed by atoms with E-state index < -0.39 is 40.4 Å². The predicted molar refractivity (Wildman–Crippen MR) is 110 cm³/mol. The molecule has 8 nitrogen and oxygen atoms in total. The first kappa shape index (κ1) is 22.7. The van der Waals surface area contributed by atoms with Gasteiger partial charge in [0.2, 0.25) is 10.0 Å². The summed E-state index contributed by atoms with van der Waals surface area (Å²) in [4.78, 5) is 1.01. The topological polar surface area (TPSA) is 109 Å². The molecule has 2 aromatic carbocycles. The molecule has 0 aliphatic carbocycles. The van der Waals surface area contributed by atoms with Crippen molar-refractivity contribution >= 4 is 35.4 Å². The van der Waals surface area contributed by atoms with Gasteiger partial charge in [0, 0.05) is 38.7 Å². The Hall–Kier alpha value is -2.02. The molecule has 0 radical (unpaired) electrons. The van der Waals surface area contributed by atoms with Gasteiger partial charge in [-0.1, -0.05) is 12.1 Å². The van der Waals surface area contributed by atoms with E-state index in [1.54, 1.807) is 4.90 Å². The summed E-state index contributed by atoms with van der Waals surface area (Å²) in [7, 11) is -11.4. The van der Waals surface area contributed by atoms with Gasteiger partial charge in [-0.25, -0.2) is 29.6 Å². The van der Waals surface area contributed by atoms with E-state index in [-0.39, 0.29) is 36.0 Å². The number of hydrogen-bond acceptors (Lipinski definition) is 7. The molecule has 1 saturated heterocycles. The fraction of sp³-hybridized carbons (Fsp3) is 0.333. The van der Waals surface area contributed by atoms with E-state index in [1.165, 1.54) is 30.3 Å². The van der Waals surface area contributed by atoms with Crippen molar-refractivity contribution in [2.75, 3.05) is 43.6 Å². The van der Waals surface area contributed by atoms with Gasteiger partial charge in [0.25, 0.3) is 0 Å². The number of nitrogens with zero attached hydrogens (tertiary/aromatic N) is 2. The molecule has 1 fully saturated rings. The molecule has 1 aliphatic rings. The van der Waals surface area contributed by atoms with Crippen LogP contribution >= 0.6 is 0 Å². The third-order valence-electron chi connectivity index (χ3n) is 4.79. The van der Waals surface area contributed by atoms with E-state index in [2.05, 4.69) is 0 Å². The highest BCUT2D eigenvalue weighted by Crippen LogP contribution is 2.30. The van der Waals surface area contributed by atoms with Crippen LogP contribution in [0.1, 0.15) is 0 Å². The summed E-state index contributed by atoms with van der Waals surface area (Å²) in [6, 6.07) is 8.96. The van der Waals surface area contributed by atoms with Crippen LogP contribution in [0.3, 0.4) is 0 Å². The summed E-state index contributed by atoms with van der Waals surface area (Å²) in [5.74, 6) is -0.837. The van der Waals surface area contributed by atoms with Gasteiger partial charge in [-0.15, -0.1) is 0 Å². The molecular weight excluding hydrogens is 455 g/mol. The maximum atomic E-state index is 14.0. The maximum Gasteiger partial charge on any atom is 0.246 e. The number of sulfone groups is 2. The first-order valence-electron chi connectivity index (χ1n) is 8.85. The zero-order chi connectivity index (χ0) is 22.3. The first-order valence-corrected chi connectivity index (χ1v) is 14.1. The van der Waals surface area contributed by atoms with Gasteiger partial charge in [0.05, 0.1) is 15.5 Å². The molecule has 164 valence electrons. The summed E-state index contributed by atoms with van der Waals surface area (Å²) in [6.07, 6.45) is 1.97. The molecule has 0 N–H and O–H groups in total. The van der Waals surface area contributed by atoms with E-state index >= 15 is 0 Å². The van der Waals surface area contributed by atoms with Gasteiger partial charge in [-0.05, 0) is 30.3 Å². The lowest BCUT2D eigenvalue weighted by molar-refractivity contribution is 0.381. The number of hydrogen-bond donors (Lipinski definition) is 0. The summed E-state index contributed by atoms with van der Waals surface area (Å²) in [5, 5.41) is 0. The zero-order valence-electron chi connectivity index (χ0n) is 16.3. The van der Waals surface area contributed by atoms with Crippen molar-refractivity contribution in [3.8, 4) is 0 Å². The van der Waals surface area contributed by atoms with Gasteiger partial charge < -0.3 is 4.90 Å². The summed E-state index contributed by atoms with van der Waals surface area (Å²) in [6.45, 7) is 0.365. The Morgan fingerprint density at radius 3 is 1.90 bits per heavy atom. The third kappa shape index (κ3) is 4.51. The van der Waals surface area contributed by atoms with Crippen LogP contribution in [0.4, 0.5) is 10.1 Å². The number of sulfonamides is 1. The number of halogens is 1. The van der Waals surface area contributed by atoms with E-state index in [0.29, 0.717) is 5.69 Å². The van der Waals surface area contributed by atoms with Crippen molar-refractivity contribution < 1.29 is 29.6 Å². The standard InChI is InChI=1S/C18H21FN2O6S3/c1-28(22,23)14-7-8-16(18(13-14)29(2,24)25)20-9-11-21(12-10-20)30(26,27)17-6-4-3-5-15(17)19/h3-8,13H,9-12H2,1-2H3. The lowest BCUT2D eigenvalue weighted by Crippen LogP contribution is -2.49. The highest BCUT2D eigenvalue weighted by atomic mass is 32.2. The fourth-order valence-corrected chi connectivity index (χ4v) is 6.37. The zero-order valence-corrected chi connectivity index (χ0v) is 18.8. The molecule has 0 saturated carbocycles. The monoisotopic (exact) mass is 476 g/mol. The van der Waals surface area contributed by atoms with Gasteiger partial charge in [0.15, 0.2) is 19.7 Å². The number of rotatable bonds is 5. The van der Waals surface area contributed by atoms with Crippen molar-refractivity contribution in [2.45, 2.75) is 14.7 Å². The van der Waals surface area contributed by atoms with Crippen LogP contribution in [0.15, 0.2) is 57.2 Å². The second-order valence-corrected chi connectivity index (χ2v) is 12.9. The fourth-order valence-electron chi connectivity index (χ4n) is 3.25. The molecule has 0 bridgehead atoms. The van der Waals surface area contributed by atoms with Crippen molar-refractivity contribution in [1.82, 2.24) is 4.31 Å². The normalized spacial score (nSPS) is 16.6. The summed E-state index contributed by atoms with van der Waals surface area (Å²) in [5.41, 5.74) is 0.299. The SMILES string of the molecule is CS(=O)(=O)c1ccc(N2CCN(S(=O)(=O)c3ccccc3F)CC2)c(S(C)(=O)=O)c1. The number of piperazine rings is 1. The Bertz CT molecular complexity index is 1280. The number of anilines is 1. The van der Waals surface area contributed by atoms with E-state index in [9.17, 15) is 29.6 Å². The molecule has 30 heavy (non-hydrogen) atoms. The Kier molecular flexibility index (Phi) is 5.98. The highest BCUT2D eigenvalue weighted by molar-refractivity contribution is 7.91. The van der Waals surface area contributed by atoms with Gasteiger partial charge in [-0.2, -0.15) is 4.31 Å². The highest BCUT2D eigenvalue weighted by Gasteiger charge is 2.32. The molecule has 0 atom stereocenters. The molecular formula is C18H21FN2O6S3. The van der Waals surface area contributed by atoms with Gasteiger partial charge in [-0.3, -0.25) is 0 Å². The number of benzene rings is 2. The van der Waals surface area contributed by atoms with Crippen LogP contribution in [0.25, 0.3) is 0 Å². The summed E-state index contributed by atoms with van der Waals surface area (Å²) < 4.78 is 88.7. The van der Waals surface area contributed by atoms with Crippen LogP contribution in [0.5, 0.6) is 0 Å². The van der Waals surface area contributed by atoms with E-state index in [1.807, 2.05) is 0 Å². The van der Waals surface area contributed by atoms with Crippen molar-refractivity contribution in [1.29, 1.82) is 0 Å². The maximum absolute atomic E-state index is 14.0. The largest absolute Gasteiger partial charge is 0.368 e. The molecule has 0 unspecified atom stereocenters. The Balaban J connectivity index is 1.89. The van der Waals surface area contributed by atoms with Crippen LogP contribution in [-0.2, 0) is 29.7 Å². The molecule has 0 amide bonds. The van der Waals surface area contributed by atoms with Crippen LogP contribution in [0, 0.1) is 5.82 Å². The molecule has 1 heterocycles. The minimum atomic E-state index is -4.03. The van der Waals surface area contributed by atoms with Gasteiger partial charge in [0.1, 0.15) is 10.7 Å². The van der Waals surface area contributed by atoms with Crippen LogP contribution in [0.2, 0.25) is 0 Å². The average molecular weight is 477 g/mol. The predicted octanol–water partition coefficient (Wildman–Crippen LogP) is 1.14. The smallest absolute Gasteiger partial charge is 0.246 e. The third-order valence-corrected chi connectivity index (χ3v) is 8.96. The average Bonchev–Trinajstić information content (AvgIpc) is 2.66. The second-order valence-electron chi connectivity index (χ2n) is 7.00. The minimum absolute atomic E-state index is 0.0215. The molecule has 0 spiro atoms. The van der Waals surface area contributed by atoms with Crippen LogP contribution < -0.4 is 4.90 Å². The second kappa shape index (κ2) is 7.91. The summed E-state index contributed by atoms with van der Waals surface area (Å²) >= 11 is 0. The first-order chi connectivity index (χ1) is 13.8. The molecule has 3 rings (SSSR count). The minimum Gasteiger partial charge on any atom is -0.368 e. The molecule has 12 heteroatoms. The van der Waals surface area contributed by atoms with E-state index in [0.717, 1.165) is 28.9 Å². The lowest BCUT2D eigenvalue weighted by atomic mass is 10.2. The Labute approximate surface area is 175 Å².